The third-order valence-electron chi connectivity index (χ3n) is 5.15. The number of aliphatic hydroxyl groups excluding tert-OH is 1. The van der Waals surface area contributed by atoms with Crippen molar-refractivity contribution in [2.45, 2.75) is 84.0 Å². The van der Waals surface area contributed by atoms with E-state index in [1.165, 1.54) is 44.9 Å². The SMILES string of the molecule is CCCCCCCCCCCC(=O)OCC(CO)OCn1cnc2cnc(NC)nc21. The lowest BCUT2D eigenvalue weighted by atomic mass is 10.1. The van der Waals surface area contributed by atoms with Crippen molar-refractivity contribution in [2.75, 3.05) is 25.6 Å². The molecule has 0 spiro atoms. The van der Waals surface area contributed by atoms with Gasteiger partial charge in [-0.1, -0.05) is 58.3 Å². The van der Waals surface area contributed by atoms with Gasteiger partial charge in [-0.3, -0.25) is 9.36 Å². The van der Waals surface area contributed by atoms with Crippen LogP contribution in [0.4, 0.5) is 5.95 Å². The van der Waals surface area contributed by atoms with Crippen molar-refractivity contribution < 1.29 is 19.4 Å². The molecule has 0 saturated carbocycles. The summed E-state index contributed by atoms with van der Waals surface area (Å²) in [4.78, 5) is 24.7. The number of carbonyl (C=O) groups is 1. The Morgan fingerprint density at radius 3 is 2.52 bits per heavy atom. The first-order chi connectivity index (χ1) is 15.2. The number of nitrogens with one attached hydrogen (secondary N) is 1. The van der Waals surface area contributed by atoms with Crippen LogP contribution in [-0.2, 0) is 21.0 Å². The van der Waals surface area contributed by atoms with E-state index in [0.717, 1.165) is 12.8 Å². The number of aromatic nitrogens is 4. The van der Waals surface area contributed by atoms with Gasteiger partial charge < -0.3 is 19.9 Å². The maximum Gasteiger partial charge on any atom is 0.305 e. The second-order valence-corrected chi connectivity index (χ2v) is 7.73. The lowest BCUT2D eigenvalue weighted by molar-refractivity contribution is -0.150. The molecule has 174 valence electrons. The molecular formula is C22H37N5O4. The van der Waals surface area contributed by atoms with Crippen molar-refractivity contribution in [3.8, 4) is 0 Å². The molecule has 0 saturated heterocycles. The van der Waals surface area contributed by atoms with Crippen LogP contribution in [0.2, 0.25) is 0 Å². The summed E-state index contributed by atoms with van der Waals surface area (Å²) in [5.74, 6) is 0.239. The molecule has 1 unspecified atom stereocenters. The van der Waals surface area contributed by atoms with Gasteiger partial charge in [-0.2, -0.15) is 4.98 Å². The van der Waals surface area contributed by atoms with Gasteiger partial charge in [0.2, 0.25) is 5.95 Å². The van der Waals surface area contributed by atoms with Crippen molar-refractivity contribution in [1.82, 2.24) is 19.5 Å². The van der Waals surface area contributed by atoms with E-state index in [9.17, 15) is 9.90 Å². The van der Waals surface area contributed by atoms with Gasteiger partial charge in [-0.05, 0) is 6.42 Å². The smallest absolute Gasteiger partial charge is 0.305 e. The van der Waals surface area contributed by atoms with Crippen molar-refractivity contribution in [3.05, 3.63) is 12.5 Å². The van der Waals surface area contributed by atoms with Gasteiger partial charge in [0.05, 0.1) is 19.1 Å². The Morgan fingerprint density at radius 1 is 1.13 bits per heavy atom. The predicted molar refractivity (Wildman–Crippen MR) is 120 cm³/mol. The van der Waals surface area contributed by atoms with Gasteiger partial charge in [0.25, 0.3) is 0 Å². The monoisotopic (exact) mass is 435 g/mol. The van der Waals surface area contributed by atoms with Gasteiger partial charge in [-0.15, -0.1) is 0 Å². The molecule has 9 heteroatoms. The summed E-state index contributed by atoms with van der Waals surface area (Å²) in [5, 5.41) is 12.4. The van der Waals surface area contributed by atoms with Gasteiger partial charge in [0.15, 0.2) is 5.65 Å². The Labute approximate surface area is 184 Å². The fraction of sp³-hybridized carbons (Fsp3) is 0.727. The predicted octanol–water partition coefficient (Wildman–Crippen LogP) is 3.67. The van der Waals surface area contributed by atoms with Gasteiger partial charge >= 0.3 is 5.97 Å². The second kappa shape index (κ2) is 14.7. The molecule has 2 N–H and O–H groups in total. The van der Waals surface area contributed by atoms with Crippen LogP contribution in [0.25, 0.3) is 11.2 Å². The van der Waals surface area contributed by atoms with E-state index in [1.807, 2.05) is 0 Å². The molecular weight excluding hydrogens is 398 g/mol. The van der Waals surface area contributed by atoms with Crippen LogP contribution < -0.4 is 5.32 Å². The highest BCUT2D eigenvalue weighted by molar-refractivity contribution is 5.70. The lowest BCUT2D eigenvalue weighted by Crippen LogP contribution is -2.26. The Balaban J connectivity index is 1.61. The first kappa shape index (κ1) is 25.0. The minimum Gasteiger partial charge on any atom is -0.463 e. The van der Waals surface area contributed by atoms with Crippen LogP contribution in [0.3, 0.4) is 0 Å². The molecule has 0 amide bonds. The topological polar surface area (TPSA) is 111 Å². The molecule has 2 aromatic rings. The largest absolute Gasteiger partial charge is 0.463 e. The van der Waals surface area contributed by atoms with Crippen LogP contribution in [0.15, 0.2) is 12.5 Å². The molecule has 9 nitrogen and oxygen atoms in total. The molecule has 31 heavy (non-hydrogen) atoms. The van der Waals surface area contributed by atoms with Crippen molar-refractivity contribution in [1.29, 1.82) is 0 Å². The Kier molecular flexibility index (Phi) is 11.9. The molecule has 0 fully saturated rings. The van der Waals surface area contributed by atoms with Gasteiger partial charge in [0, 0.05) is 13.5 Å². The first-order valence-corrected chi connectivity index (χ1v) is 11.4. The van der Waals surface area contributed by atoms with Crippen LogP contribution in [0.5, 0.6) is 0 Å². The summed E-state index contributed by atoms with van der Waals surface area (Å²) in [7, 11) is 1.74. The fourth-order valence-corrected chi connectivity index (χ4v) is 3.25. The van der Waals surface area contributed by atoms with Crippen molar-refractivity contribution in [3.63, 3.8) is 0 Å². The summed E-state index contributed by atoms with van der Waals surface area (Å²) < 4.78 is 12.7. The Morgan fingerprint density at radius 2 is 1.84 bits per heavy atom. The number of aliphatic hydroxyl groups is 1. The number of carbonyl (C=O) groups excluding carboxylic acids is 1. The number of unbranched alkanes of at least 4 members (excludes halogenated alkanes) is 8. The number of nitrogens with zero attached hydrogens (tertiary/aromatic N) is 4. The zero-order valence-corrected chi connectivity index (χ0v) is 18.9. The highest BCUT2D eigenvalue weighted by Gasteiger charge is 2.13. The van der Waals surface area contributed by atoms with Crippen LogP contribution >= 0.6 is 0 Å². The summed E-state index contributed by atoms with van der Waals surface area (Å²) in [6, 6.07) is 0. The van der Waals surface area contributed by atoms with Crippen molar-refractivity contribution in [2.24, 2.45) is 0 Å². The summed E-state index contributed by atoms with van der Waals surface area (Å²) in [6.07, 6.45) is 13.9. The minimum atomic E-state index is -0.602. The highest BCUT2D eigenvalue weighted by Crippen LogP contribution is 2.13. The molecule has 1 atom stereocenters. The van der Waals surface area contributed by atoms with E-state index in [2.05, 4.69) is 27.2 Å². The van der Waals surface area contributed by atoms with Gasteiger partial charge in [0.1, 0.15) is 25.0 Å². The van der Waals surface area contributed by atoms with Gasteiger partial charge in [-0.25, -0.2) is 9.97 Å². The Hall–Kier alpha value is -2.26. The molecule has 0 aromatic carbocycles. The fourth-order valence-electron chi connectivity index (χ4n) is 3.25. The number of hydrogen-bond acceptors (Lipinski definition) is 8. The molecule has 0 radical (unpaired) electrons. The van der Waals surface area contributed by atoms with E-state index in [4.69, 9.17) is 9.47 Å². The molecule has 2 rings (SSSR count). The van der Waals surface area contributed by atoms with E-state index in [-0.39, 0.29) is 25.9 Å². The van der Waals surface area contributed by atoms with Crippen LogP contribution in [-0.4, -0.2) is 57.0 Å². The van der Waals surface area contributed by atoms with Crippen LogP contribution in [0, 0.1) is 0 Å². The van der Waals surface area contributed by atoms with E-state index < -0.39 is 6.10 Å². The third-order valence-corrected chi connectivity index (χ3v) is 5.15. The van der Waals surface area contributed by atoms with Crippen LogP contribution in [0.1, 0.15) is 71.1 Å². The standard InChI is InChI=1S/C22H37N5O4/c1-3-4-5-6-7-8-9-10-11-12-20(29)30-15-18(14-28)31-17-27-16-25-19-13-24-22(23-2)26-21(19)27/h13,16,18,28H,3-12,14-15,17H2,1-2H3,(H,23,24,26). The maximum atomic E-state index is 12.0. The number of anilines is 1. The van der Waals surface area contributed by atoms with E-state index >= 15 is 0 Å². The Bertz CT molecular complexity index is 767. The maximum absolute atomic E-state index is 12.0. The molecule has 2 heterocycles. The highest BCUT2D eigenvalue weighted by atomic mass is 16.6. The normalized spacial score (nSPS) is 12.2. The average molecular weight is 436 g/mol. The average Bonchev–Trinajstić information content (AvgIpc) is 3.20. The first-order valence-electron chi connectivity index (χ1n) is 11.4. The molecule has 0 aliphatic heterocycles. The van der Waals surface area contributed by atoms with E-state index in [1.54, 1.807) is 24.1 Å². The number of fused-ring (bicyclic) bond motifs is 1. The summed E-state index contributed by atoms with van der Waals surface area (Å²) >= 11 is 0. The quantitative estimate of drug-likeness (QED) is 0.286. The minimum absolute atomic E-state index is 0.0239. The molecule has 0 aliphatic rings. The number of rotatable bonds is 17. The zero-order chi connectivity index (χ0) is 22.3. The summed E-state index contributed by atoms with van der Waals surface area (Å²) in [6.45, 7) is 2.15. The lowest BCUT2D eigenvalue weighted by Gasteiger charge is -2.16. The molecule has 0 bridgehead atoms. The second-order valence-electron chi connectivity index (χ2n) is 7.73. The number of esters is 1. The summed E-state index contributed by atoms with van der Waals surface area (Å²) in [5.41, 5.74) is 1.27. The van der Waals surface area contributed by atoms with E-state index in [0.29, 0.717) is 23.5 Å². The number of ether oxygens (including phenoxy) is 2. The number of hydrogen-bond donors (Lipinski definition) is 2. The number of imidazole rings is 1. The molecule has 2 aromatic heterocycles. The zero-order valence-electron chi connectivity index (χ0n) is 18.9. The van der Waals surface area contributed by atoms with Crippen molar-refractivity contribution >= 4 is 23.1 Å². The molecule has 0 aliphatic carbocycles. The third kappa shape index (κ3) is 9.18.